The third-order valence-electron chi connectivity index (χ3n) is 5.47. The molecule has 0 saturated heterocycles. The first-order valence-electron chi connectivity index (χ1n) is 10.3. The maximum atomic E-state index is 13.3. The molecule has 1 aromatic heterocycles. The van der Waals surface area contributed by atoms with Gasteiger partial charge in [0, 0.05) is 31.0 Å². The van der Waals surface area contributed by atoms with E-state index in [1.165, 1.54) is 11.3 Å². The number of amides is 1. The topological polar surface area (TPSA) is 36.4 Å². The van der Waals surface area contributed by atoms with E-state index in [4.69, 9.17) is 0 Å². The van der Waals surface area contributed by atoms with E-state index in [-0.39, 0.29) is 11.9 Å². The summed E-state index contributed by atoms with van der Waals surface area (Å²) in [5.41, 5.74) is 5.31. The Bertz CT molecular complexity index is 984. The number of hydrogen-bond acceptors (Lipinski definition) is 3. The summed E-state index contributed by atoms with van der Waals surface area (Å²) in [5, 5.41) is 0. The van der Waals surface area contributed by atoms with Crippen molar-refractivity contribution in [3.63, 3.8) is 0 Å². The molecule has 2 heterocycles. The van der Waals surface area contributed by atoms with Gasteiger partial charge < -0.3 is 9.80 Å². The monoisotopic (exact) mass is 385 g/mol. The molecule has 0 radical (unpaired) electrons. The van der Waals surface area contributed by atoms with Crippen molar-refractivity contribution in [3.05, 3.63) is 89.7 Å². The molecule has 2 aromatic carbocycles. The van der Waals surface area contributed by atoms with Crippen molar-refractivity contribution in [1.29, 1.82) is 0 Å². The van der Waals surface area contributed by atoms with E-state index in [0.717, 1.165) is 30.6 Å². The molecule has 0 aliphatic carbocycles. The van der Waals surface area contributed by atoms with Crippen LogP contribution in [0.25, 0.3) is 0 Å². The van der Waals surface area contributed by atoms with Crippen LogP contribution in [0.2, 0.25) is 0 Å². The van der Waals surface area contributed by atoms with Gasteiger partial charge in [-0.3, -0.25) is 9.78 Å². The molecule has 29 heavy (non-hydrogen) atoms. The Kier molecular flexibility index (Phi) is 5.61. The van der Waals surface area contributed by atoms with Gasteiger partial charge in [0.25, 0.3) is 5.91 Å². The van der Waals surface area contributed by atoms with Crippen LogP contribution in [-0.4, -0.2) is 28.4 Å². The average molecular weight is 386 g/mol. The molecule has 0 N–H and O–H groups in total. The van der Waals surface area contributed by atoms with Crippen LogP contribution in [0.5, 0.6) is 0 Å². The van der Waals surface area contributed by atoms with E-state index < -0.39 is 0 Å². The van der Waals surface area contributed by atoms with Gasteiger partial charge in [-0.2, -0.15) is 0 Å². The molecule has 4 rings (SSSR count). The van der Waals surface area contributed by atoms with Crippen molar-refractivity contribution in [2.45, 2.75) is 39.3 Å². The van der Waals surface area contributed by atoms with Gasteiger partial charge in [-0.25, -0.2) is 0 Å². The molecule has 1 aliphatic rings. The van der Waals surface area contributed by atoms with Crippen molar-refractivity contribution in [2.24, 2.45) is 0 Å². The minimum Gasteiger partial charge on any atom is -0.340 e. The minimum atomic E-state index is 0.0171. The highest BCUT2D eigenvalue weighted by Crippen LogP contribution is 2.33. The lowest BCUT2D eigenvalue weighted by Crippen LogP contribution is -2.36. The van der Waals surface area contributed by atoms with Crippen LogP contribution in [-0.2, 0) is 13.0 Å². The Morgan fingerprint density at radius 3 is 2.62 bits per heavy atom. The Labute approximate surface area is 172 Å². The number of carbonyl (C=O) groups excluding carboxylic acids is 1. The Balaban J connectivity index is 1.62. The average Bonchev–Trinajstić information content (AvgIpc) is 2.77. The first-order chi connectivity index (χ1) is 14.1. The summed E-state index contributed by atoms with van der Waals surface area (Å²) in [4.78, 5) is 21.9. The number of nitrogens with zero attached hydrogens (tertiary/aromatic N) is 3. The van der Waals surface area contributed by atoms with E-state index in [1.54, 1.807) is 6.20 Å². The molecule has 3 aromatic rings. The summed E-state index contributed by atoms with van der Waals surface area (Å²) < 4.78 is 0. The molecule has 4 heteroatoms. The smallest absolute Gasteiger partial charge is 0.256 e. The van der Waals surface area contributed by atoms with E-state index in [2.05, 4.69) is 60.1 Å². The highest BCUT2D eigenvalue weighted by atomic mass is 16.2. The first-order valence-corrected chi connectivity index (χ1v) is 10.3. The number of fused-ring (bicyclic) bond motifs is 1. The second-order valence-electron chi connectivity index (χ2n) is 7.83. The van der Waals surface area contributed by atoms with Crippen molar-refractivity contribution in [2.75, 3.05) is 11.4 Å². The van der Waals surface area contributed by atoms with E-state index in [1.807, 2.05) is 35.4 Å². The Morgan fingerprint density at radius 1 is 1.07 bits per heavy atom. The van der Waals surface area contributed by atoms with Crippen LogP contribution in [0.3, 0.4) is 0 Å². The summed E-state index contributed by atoms with van der Waals surface area (Å²) in [6.45, 7) is 5.64. The van der Waals surface area contributed by atoms with Gasteiger partial charge >= 0.3 is 0 Å². The SMILES string of the molecule is CC(C)N(Cc1ccccc1)C(=O)c1cncc(N2CCCc3ccccc32)c1. The fourth-order valence-electron chi connectivity index (χ4n) is 3.93. The standard InChI is InChI=1S/C25H27N3O/c1-19(2)28(18-20-9-4-3-5-10-20)25(29)22-15-23(17-26-16-22)27-14-8-12-21-11-6-7-13-24(21)27/h3-7,9-11,13,15-17,19H,8,12,14,18H2,1-2H3. The molecule has 0 saturated carbocycles. The highest BCUT2D eigenvalue weighted by molar-refractivity contribution is 5.95. The maximum Gasteiger partial charge on any atom is 0.256 e. The largest absolute Gasteiger partial charge is 0.340 e. The third kappa shape index (κ3) is 4.16. The van der Waals surface area contributed by atoms with Crippen LogP contribution < -0.4 is 4.90 Å². The summed E-state index contributed by atoms with van der Waals surface area (Å²) in [6, 6.07) is 20.7. The van der Waals surface area contributed by atoms with Crippen LogP contribution >= 0.6 is 0 Å². The second kappa shape index (κ2) is 8.48. The van der Waals surface area contributed by atoms with Gasteiger partial charge in [-0.05, 0) is 49.9 Å². The number of anilines is 2. The quantitative estimate of drug-likeness (QED) is 0.604. The summed E-state index contributed by atoms with van der Waals surface area (Å²) >= 11 is 0. The van der Waals surface area contributed by atoms with Crippen molar-refractivity contribution < 1.29 is 4.79 Å². The van der Waals surface area contributed by atoms with Gasteiger partial charge in [0.15, 0.2) is 0 Å². The van der Waals surface area contributed by atoms with Crippen molar-refractivity contribution >= 4 is 17.3 Å². The zero-order valence-corrected chi connectivity index (χ0v) is 17.1. The summed E-state index contributed by atoms with van der Waals surface area (Å²) in [7, 11) is 0. The van der Waals surface area contributed by atoms with E-state index in [0.29, 0.717) is 12.1 Å². The first kappa shape index (κ1) is 19.2. The molecule has 148 valence electrons. The zero-order valence-electron chi connectivity index (χ0n) is 17.1. The molecular weight excluding hydrogens is 358 g/mol. The molecule has 0 atom stereocenters. The predicted octanol–water partition coefficient (Wildman–Crippen LogP) is 5.22. The summed E-state index contributed by atoms with van der Waals surface area (Å²) in [5.74, 6) is 0.0171. The number of carbonyl (C=O) groups is 1. The molecule has 0 spiro atoms. The van der Waals surface area contributed by atoms with Gasteiger partial charge in [0.1, 0.15) is 0 Å². The van der Waals surface area contributed by atoms with Crippen LogP contribution in [0.4, 0.5) is 11.4 Å². The van der Waals surface area contributed by atoms with Gasteiger partial charge in [0.05, 0.1) is 17.4 Å². The molecule has 0 fully saturated rings. The lowest BCUT2D eigenvalue weighted by molar-refractivity contribution is 0.0690. The molecule has 4 nitrogen and oxygen atoms in total. The Hall–Kier alpha value is -3.14. The van der Waals surface area contributed by atoms with Crippen LogP contribution in [0, 0.1) is 0 Å². The zero-order chi connectivity index (χ0) is 20.2. The maximum absolute atomic E-state index is 13.3. The number of pyridine rings is 1. The Morgan fingerprint density at radius 2 is 1.83 bits per heavy atom. The fourth-order valence-corrected chi connectivity index (χ4v) is 3.93. The lowest BCUT2D eigenvalue weighted by Gasteiger charge is -2.32. The number of hydrogen-bond donors (Lipinski definition) is 0. The predicted molar refractivity (Wildman–Crippen MR) is 117 cm³/mol. The van der Waals surface area contributed by atoms with Gasteiger partial charge in [0.2, 0.25) is 0 Å². The van der Waals surface area contributed by atoms with Crippen LogP contribution in [0.1, 0.15) is 41.8 Å². The number of para-hydroxylation sites is 1. The fraction of sp³-hybridized carbons (Fsp3) is 0.280. The summed E-state index contributed by atoms with van der Waals surface area (Å²) in [6.07, 6.45) is 5.73. The number of aryl methyl sites for hydroxylation is 1. The number of rotatable bonds is 5. The van der Waals surface area contributed by atoms with Crippen molar-refractivity contribution in [1.82, 2.24) is 9.88 Å². The highest BCUT2D eigenvalue weighted by Gasteiger charge is 2.22. The van der Waals surface area contributed by atoms with E-state index in [9.17, 15) is 4.79 Å². The van der Waals surface area contributed by atoms with Gasteiger partial charge in [-0.1, -0.05) is 48.5 Å². The van der Waals surface area contributed by atoms with Crippen LogP contribution in [0.15, 0.2) is 73.1 Å². The van der Waals surface area contributed by atoms with Gasteiger partial charge in [-0.15, -0.1) is 0 Å². The normalized spacial score (nSPS) is 13.3. The molecular formula is C25H27N3O. The second-order valence-corrected chi connectivity index (χ2v) is 7.83. The minimum absolute atomic E-state index is 0.0171. The lowest BCUT2D eigenvalue weighted by atomic mass is 10.0. The molecule has 0 unspecified atom stereocenters. The number of benzene rings is 2. The number of aromatic nitrogens is 1. The van der Waals surface area contributed by atoms with Crippen molar-refractivity contribution in [3.8, 4) is 0 Å². The third-order valence-corrected chi connectivity index (χ3v) is 5.47. The molecule has 1 aliphatic heterocycles. The van der Waals surface area contributed by atoms with E-state index >= 15 is 0 Å². The molecule has 1 amide bonds. The molecule has 0 bridgehead atoms.